The fourth-order valence-electron chi connectivity index (χ4n) is 0.953. The van der Waals surface area contributed by atoms with Crippen molar-refractivity contribution in [2.24, 2.45) is 5.92 Å². The molecule has 0 radical (unpaired) electrons. The Balaban J connectivity index is 2.32. The molecule has 2 nitrogen and oxygen atoms in total. The maximum absolute atomic E-state index is 10.5. The van der Waals surface area contributed by atoms with Gasteiger partial charge in [0.2, 0.25) is 5.91 Å². The predicted molar refractivity (Wildman–Crippen MR) is 31.4 cm³/mol. The molecule has 46 valence electrons. The summed E-state index contributed by atoms with van der Waals surface area (Å²) in [7, 11) is 0. The van der Waals surface area contributed by atoms with Gasteiger partial charge >= 0.3 is 0 Å². The van der Waals surface area contributed by atoms with Crippen molar-refractivity contribution >= 4 is 5.91 Å². The van der Waals surface area contributed by atoms with E-state index in [9.17, 15) is 4.79 Å². The molecule has 1 atom stereocenters. The Hall–Kier alpha value is -0.530. The molecular formula is C6H11NO. The standard InChI is InChI=1S/C6H11NO/c1-2-5-3-6(8)7-4-5/h5H,2-4H2,1H3,(H,7,8). The molecule has 1 amide bonds. The van der Waals surface area contributed by atoms with Gasteiger partial charge in [0.15, 0.2) is 0 Å². The van der Waals surface area contributed by atoms with Crippen LogP contribution in [0.1, 0.15) is 19.8 Å². The maximum Gasteiger partial charge on any atom is 0.220 e. The molecule has 1 heterocycles. The molecule has 8 heavy (non-hydrogen) atoms. The van der Waals surface area contributed by atoms with Crippen molar-refractivity contribution in [3.05, 3.63) is 0 Å². The Morgan fingerprint density at radius 1 is 1.88 bits per heavy atom. The Labute approximate surface area is 49.3 Å². The number of rotatable bonds is 1. The van der Waals surface area contributed by atoms with Crippen molar-refractivity contribution in [3.8, 4) is 0 Å². The van der Waals surface area contributed by atoms with E-state index in [0.29, 0.717) is 5.92 Å². The zero-order valence-electron chi connectivity index (χ0n) is 5.11. The van der Waals surface area contributed by atoms with E-state index in [0.717, 1.165) is 19.4 Å². The van der Waals surface area contributed by atoms with Gasteiger partial charge in [-0.05, 0) is 5.92 Å². The number of amides is 1. The van der Waals surface area contributed by atoms with Gasteiger partial charge < -0.3 is 5.32 Å². The summed E-state index contributed by atoms with van der Waals surface area (Å²) in [5, 5.41) is 2.78. The van der Waals surface area contributed by atoms with Crippen LogP contribution in [0.4, 0.5) is 0 Å². The lowest BCUT2D eigenvalue weighted by Crippen LogP contribution is -2.13. The maximum atomic E-state index is 10.5. The summed E-state index contributed by atoms with van der Waals surface area (Å²) in [5.41, 5.74) is 0. The van der Waals surface area contributed by atoms with Crippen LogP contribution in [0.5, 0.6) is 0 Å². The fourth-order valence-corrected chi connectivity index (χ4v) is 0.953. The number of carbonyl (C=O) groups excluding carboxylic acids is 1. The van der Waals surface area contributed by atoms with Gasteiger partial charge in [-0.15, -0.1) is 0 Å². The molecule has 0 saturated carbocycles. The molecule has 0 aromatic heterocycles. The summed E-state index contributed by atoms with van der Waals surface area (Å²) in [4.78, 5) is 10.5. The van der Waals surface area contributed by atoms with Gasteiger partial charge in [-0.1, -0.05) is 13.3 Å². The Kier molecular flexibility index (Phi) is 1.51. The highest BCUT2D eigenvalue weighted by atomic mass is 16.1. The van der Waals surface area contributed by atoms with Crippen molar-refractivity contribution in [2.75, 3.05) is 6.54 Å². The third-order valence-electron chi connectivity index (χ3n) is 1.64. The first-order valence-electron chi connectivity index (χ1n) is 3.09. The van der Waals surface area contributed by atoms with Gasteiger partial charge in [-0.25, -0.2) is 0 Å². The third-order valence-corrected chi connectivity index (χ3v) is 1.64. The monoisotopic (exact) mass is 113 g/mol. The Morgan fingerprint density at radius 2 is 2.62 bits per heavy atom. The first-order chi connectivity index (χ1) is 3.83. The smallest absolute Gasteiger partial charge is 0.220 e. The largest absolute Gasteiger partial charge is 0.356 e. The Bertz CT molecular complexity index is 101. The second-order valence-electron chi connectivity index (χ2n) is 2.28. The van der Waals surface area contributed by atoms with Crippen LogP contribution < -0.4 is 5.32 Å². The first kappa shape index (κ1) is 5.60. The molecule has 0 aliphatic carbocycles. The molecule has 1 rings (SSSR count). The van der Waals surface area contributed by atoms with E-state index < -0.39 is 0 Å². The molecular weight excluding hydrogens is 102 g/mol. The quantitative estimate of drug-likeness (QED) is 0.528. The fraction of sp³-hybridized carbons (Fsp3) is 0.833. The molecule has 0 spiro atoms. The summed E-state index contributed by atoms with van der Waals surface area (Å²) in [6.07, 6.45) is 1.87. The van der Waals surface area contributed by atoms with Crippen LogP contribution in [0, 0.1) is 5.92 Å². The molecule has 0 bridgehead atoms. The molecule has 1 saturated heterocycles. The van der Waals surface area contributed by atoms with E-state index in [1.54, 1.807) is 0 Å². The van der Waals surface area contributed by atoms with Crippen LogP contribution in [-0.4, -0.2) is 12.5 Å². The van der Waals surface area contributed by atoms with E-state index in [4.69, 9.17) is 0 Å². The van der Waals surface area contributed by atoms with Gasteiger partial charge in [0.25, 0.3) is 0 Å². The third kappa shape index (κ3) is 0.997. The van der Waals surface area contributed by atoms with Crippen LogP contribution in [0.2, 0.25) is 0 Å². The van der Waals surface area contributed by atoms with Crippen molar-refractivity contribution in [1.82, 2.24) is 5.32 Å². The van der Waals surface area contributed by atoms with Crippen molar-refractivity contribution in [2.45, 2.75) is 19.8 Å². The second-order valence-corrected chi connectivity index (χ2v) is 2.28. The van der Waals surface area contributed by atoms with Gasteiger partial charge in [-0.3, -0.25) is 4.79 Å². The van der Waals surface area contributed by atoms with Gasteiger partial charge in [-0.2, -0.15) is 0 Å². The van der Waals surface area contributed by atoms with Crippen molar-refractivity contribution in [1.29, 1.82) is 0 Å². The molecule has 0 aromatic carbocycles. The van der Waals surface area contributed by atoms with Gasteiger partial charge in [0.1, 0.15) is 0 Å². The molecule has 1 unspecified atom stereocenters. The molecule has 1 aliphatic rings. The van der Waals surface area contributed by atoms with Crippen molar-refractivity contribution < 1.29 is 4.79 Å². The lowest BCUT2D eigenvalue weighted by Gasteiger charge is -1.97. The predicted octanol–water partition coefficient (Wildman–Crippen LogP) is 0.532. The van der Waals surface area contributed by atoms with Crippen LogP contribution in [-0.2, 0) is 4.79 Å². The van der Waals surface area contributed by atoms with Crippen LogP contribution >= 0.6 is 0 Å². The topological polar surface area (TPSA) is 29.1 Å². The highest BCUT2D eigenvalue weighted by Crippen LogP contribution is 2.11. The number of hydrogen-bond acceptors (Lipinski definition) is 1. The normalized spacial score (nSPS) is 28.1. The summed E-state index contributed by atoms with van der Waals surface area (Å²) >= 11 is 0. The van der Waals surface area contributed by atoms with Crippen LogP contribution in [0.15, 0.2) is 0 Å². The van der Waals surface area contributed by atoms with E-state index in [-0.39, 0.29) is 5.91 Å². The number of carbonyl (C=O) groups is 1. The number of hydrogen-bond donors (Lipinski definition) is 1. The van der Waals surface area contributed by atoms with Crippen molar-refractivity contribution in [3.63, 3.8) is 0 Å². The Morgan fingerprint density at radius 3 is 2.88 bits per heavy atom. The summed E-state index contributed by atoms with van der Waals surface area (Å²) in [5.74, 6) is 0.833. The average molecular weight is 113 g/mol. The molecule has 1 N–H and O–H groups in total. The molecule has 1 aliphatic heterocycles. The average Bonchev–Trinajstić information content (AvgIpc) is 2.14. The van der Waals surface area contributed by atoms with Gasteiger partial charge in [0.05, 0.1) is 0 Å². The minimum atomic E-state index is 0.219. The number of nitrogens with one attached hydrogen (secondary N) is 1. The summed E-state index contributed by atoms with van der Waals surface area (Å²) in [6, 6.07) is 0. The van der Waals surface area contributed by atoms with E-state index in [2.05, 4.69) is 12.2 Å². The van der Waals surface area contributed by atoms with E-state index in [1.165, 1.54) is 0 Å². The van der Waals surface area contributed by atoms with E-state index >= 15 is 0 Å². The molecule has 2 heteroatoms. The van der Waals surface area contributed by atoms with Crippen LogP contribution in [0.25, 0.3) is 0 Å². The van der Waals surface area contributed by atoms with Crippen LogP contribution in [0.3, 0.4) is 0 Å². The highest BCUT2D eigenvalue weighted by molar-refractivity contribution is 5.78. The molecule has 0 aromatic rings. The highest BCUT2D eigenvalue weighted by Gasteiger charge is 2.18. The molecule has 1 fully saturated rings. The lowest BCUT2D eigenvalue weighted by atomic mass is 10.1. The zero-order valence-corrected chi connectivity index (χ0v) is 5.11. The summed E-state index contributed by atoms with van der Waals surface area (Å²) in [6.45, 7) is 3.01. The van der Waals surface area contributed by atoms with Gasteiger partial charge in [0, 0.05) is 13.0 Å². The first-order valence-corrected chi connectivity index (χ1v) is 3.09. The summed E-state index contributed by atoms with van der Waals surface area (Å²) < 4.78 is 0. The lowest BCUT2D eigenvalue weighted by molar-refractivity contribution is -0.119. The second kappa shape index (κ2) is 2.16. The SMILES string of the molecule is CCC1CNC(=O)C1. The minimum Gasteiger partial charge on any atom is -0.356 e. The minimum absolute atomic E-state index is 0.219. The van der Waals surface area contributed by atoms with E-state index in [1.807, 2.05) is 0 Å². The zero-order chi connectivity index (χ0) is 5.98.